The van der Waals surface area contributed by atoms with E-state index in [1.165, 1.54) is 16.2 Å². The number of fused-ring (bicyclic) bond motifs is 4. The van der Waals surface area contributed by atoms with Crippen molar-refractivity contribution in [2.24, 2.45) is 0 Å². The smallest absolute Gasteiger partial charge is 0.145 e. The molecule has 41 heavy (non-hydrogen) atoms. The monoisotopic (exact) mass is 524 g/mol. The van der Waals surface area contributed by atoms with Gasteiger partial charge in [0.25, 0.3) is 0 Å². The van der Waals surface area contributed by atoms with Crippen LogP contribution in [0.2, 0.25) is 0 Å². The van der Waals surface area contributed by atoms with E-state index in [9.17, 15) is 0 Å². The first-order valence-electron chi connectivity index (χ1n) is 13.7. The Morgan fingerprint density at radius 2 is 1.24 bits per heavy atom. The van der Waals surface area contributed by atoms with Gasteiger partial charge in [-0.2, -0.15) is 0 Å². The predicted molar refractivity (Wildman–Crippen MR) is 168 cm³/mol. The minimum absolute atomic E-state index is 0.843. The first-order valence-corrected chi connectivity index (χ1v) is 13.7. The second kappa shape index (κ2) is 9.54. The first-order chi connectivity index (χ1) is 20.3. The maximum atomic E-state index is 5.08. The average Bonchev–Trinajstić information content (AvgIpc) is 3.39. The molecule has 4 aromatic carbocycles. The van der Waals surface area contributed by atoms with Gasteiger partial charge in [0.15, 0.2) is 0 Å². The second-order valence-electron chi connectivity index (χ2n) is 10.2. The van der Waals surface area contributed by atoms with E-state index in [0.717, 1.165) is 56.0 Å². The molecule has 0 atom stereocenters. The van der Waals surface area contributed by atoms with Crippen LogP contribution in [0.4, 0.5) is 0 Å². The molecule has 0 N–H and O–H groups in total. The molecule has 0 spiro atoms. The van der Waals surface area contributed by atoms with Crippen molar-refractivity contribution >= 4 is 32.7 Å². The van der Waals surface area contributed by atoms with Crippen molar-refractivity contribution < 1.29 is 0 Å². The topological polar surface area (TPSA) is 43.6 Å². The number of para-hydroxylation sites is 1. The maximum absolute atomic E-state index is 5.08. The molecule has 4 heteroatoms. The van der Waals surface area contributed by atoms with Gasteiger partial charge in [0.2, 0.25) is 0 Å². The van der Waals surface area contributed by atoms with Gasteiger partial charge >= 0.3 is 0 Å². The van der Waals surface area contributed by atoms with Crippen LogP contribution in [0.3, 0.4) is 0 Å². The van der Waals surface area contributed by atoms with Crippen LogP contribution in [0, 0.1) is 0 Å². The van der Waals surface area contributed by atoms with Gasteiger partial charge in [-0.3, -0.25) is 9.55 Å². The first kappa shape index (κ1) is 23.3. The number of hydrogen-bond donors (Lipinski definition) is 0. The molecule has 4 nitrogen and oxygen atoms in total. The lowest BCUT2D eigenvalue weighted by Crippen LogP contribution is -1.96. The Morgan fingerprint density at radius 3 is 2.17 bits per heavy atom. The Balaban J connectivity index is 1.33. The van der Waals surface area contributed by atoms with Gasteiger partial charge in [-0.05, 0) is 82.6 Å². The number of pyridine rings is 3. The molecule has 4 heterocycles. The second-order valence-corrected chi connectivity index (χ2v) is 10.2. The van der Waals surface area contributed by atoms with Crippen molar-refractivity contribution in [3.63, 3.8) is 0 Å². The van der Waals surface area contributed by atoms with Crippen molar-refractivity contribution in [3.05, 3.63) is 146 Å². The van der Waals surface area contributed by atoms with E-state index in [1.54, 1.807) is 0 Å². The summed E-state index contributed by atoms with van der Waals surface area (Å²) in [5, 5.41) is 4.75. The van der Waals surface area contributed by atoms with Gasteiger partial charge in [-0.15, -0.1) is 0 Å². The van der Waals surface area contributed by atoms with Gasteiger partial charge in [0.05, 0.1) is 22.6 Å². The summed E-state index contributed by atoms with van der Waals surface area (Å²) >= 11 is 0. The summed E-state index contributed by atoms with van der Waals surface area (Å²) < 4.78 is 2.25. The van der Waals surface area contributed by atoms with Crippen LogP contribution < -0.4 is 0 Å². The average molecular weight is 525 g/mol. The van der Waals surface area contributed by atoms with Crippen LogP contribution in [0.25, 0.3) is 72.2 Å². The molecule has 0 radical (unpaired) electrons. The zero-order chi connectivity index (χ0) is 27.2. The molecule has 0 aliphatic rings. The SMILES string of the molecule is c1ccc(-c2cc(-c3cccc(-n4c5ccccc5c5cccnc54)c3)cc(-c3ccc4ccccc4c3)n2)nc1. The van der Waals surface area contributed by atoms with Crippen LogP contribution in [-0.4, -0.2) is 19.5 Å². The van der Waals surface area contributed by atoms with Gasteiger partial charge < -0.3 is 0 Å². The van der Waals surface area contributed by atoms with Crippen LogP contribution in [-0.2, 0) is 0 Å². The van der Waals surface area contributed by atoms with Crippen molar-refractivity contribution in [1.29, 1.82) is 0 Å². The lowest BCUT2D eigenvalue weighted by Gasteiger charge is -2.13. The molecule has 0 bridgehead atoms. The third kappa shape index (κ3) is 4.05. The fourth-order valence-electron chi connectivity index (χ4n) is 5.72. The van der Waals surface area contributed by atoms with Crippen molar-refractivity contribution in [2.75, 3.05) is 0 Å². The Morgan fingerprint density at radius 1 is 0.439 bits per heavy atom. The Bertz CT molecular complexity index is 2160. The van der Waals surface area contributed by atoms with E-state index < -0.39 is 0 Å². The maximum Gasteiger partial charge on any atom is 0.145 e. The van der Waals surface area contributed by atoms with Gasteiger partial charge in [-0.25, -0.2) is 9.97 Å². The summed E-state index contributed by atoms with van der Waals surface area (Å²) in [7, 11) is 0. The summed E-state index contributed by atoms with van der Waals surface area (Å²) in [4.78, 5) is 14.5. The number of rotatable bonds is 4. The van der Waals surface area contributed by atoms with Crippen LogP contribution in [0.1, 0.15) is 0 Å². The summed E-state index contributed by atoms with van der Waals surface area (Å²) in [6.45, 7) is 0. The van der Waals surface area contributed by atoms with Crippen molar-refractivity contribution in [2.45, 2.75) is 0 Å². The molecule has 0 fully saturated rings. The third-order valence-corrected chi connectivity index (χ3v) is 7.67. The summed E-state index contributed by atoms with van der Waals surface area (Å²) in [5.41, 5.74) is 9.02. The molecule has 8 aromatic rings. The Labute approximate surface area is 237 Å². The molecular weight excluding hydrogens is 500 g/mol. The Kier molecular flexibility index (Phi) is 5.42. The molecular formula is C37H24N4. The largest absolute Gasteiger partial charge is 0.294 e. The fraction of sp³-hybridized carbons (Fsp3) is 0. The zero-order valence-corrected chi connectivity index (χ0v) is 22.1. The molecule has 0 aliphatic heterocycles. The Hall–Kier alpha value is -5.61. The van der Waals surface area contributed by atoms with E-state index in [1.807, 2.05) is 36.7 Å². The van der Waals surface area contributed by atoms with Crippen LogP contribution in [0.15, 0.2) is 146 Å². The van der Waals surface area contributed by atoms with Gasteiger partial charge in [-0.1, -0.05) is 72.8 Å². The minimum atomic E-state index is 0.843. The number of hydrogen-bond acceptors (Lipinski definition) is 3. The fourth-order valence-corrected chi connectivity index (χ4v) is 5.72. The van der Waals surface area contributed by atoms with E-state index >= 15 is 0 Å². The van der Waals surface area contributed by atoms with Crippen LogP contribution in [0.5, 0.6) is 0 Å². The lowest BCUT2D eigenvalue weighted by atomic mass is 9.99. The molecule has 0 amide bonds. The number of aromatic nitrogens is 4. The highest BCUT2D eigenvalue weighted by Gasteiger charge is 2.15. The molecule has 0 aliphatic carbocycles. The molecule has 4 aromatic heterocycles. The van der Waals surface area contributed by atoms with E-state index in [-0.39, 0.29) is 0 Å². The number of benzene rings is 4. The summed E-state index contributed by atoms with van der Waals surface area (Å²) in [6, 6.07) is 46.5. The van der Waals surface area contributed by atoms with Crippen LogP contribution >= 0.6 is 0 Å². The lowest BCUT2D eigenvalue weighted by molar-refractivity contribution is 1.14. The van der Waals surface area contributed by atoms with Gasteiger partial charge in [0, 0.05) is 34.4 Å². The van der Waals surface area contributed by atoms with E-state index in [0.29, 0.717) is 0 Å². The highest BCUT2D eigenvalue weighted by Crippen LogP contribution is 2.34. The molecule has 0 saturated carbocycles. The third-order valence-electron chi connectivity index (χ3n) is 7.67. The number of nitrogens with zero attached hydrogens (tertiary/aromatic N) is 4. The standard InChI is InChI=1S/C37H24N4/c1-2-10-26-21-28(18-17-25(26)9-1)34-23-29(24-35(40-34)33-15-5-6-19-38-33)27-11-7-12-30(22-27)41-36-16-4-3-13-31(36)32-14-8-20-39-37(32)41/h1-24H. The molecule has 192 valence electrons. The predicted octanol–water partition coefficient (Wildman–Crippen LogP) is 9.12. The molecule has 0 saturated heterocycles. The molecule has 0 unspecified atom stereocenters. The van der Waals surface area contributed by atoms with Crippen molar-refractivity contribution in [3.8, 4) is 39.5 Å². The quantitative estimate of drug-likeness (QED) is 0.231. The van der Waals surface area contributed by atoms with E-state index in [4.69, 9.17) is 9.97 Å². The van der Waals surface area contributed by atoms with Gasteiger partial charge in [0.1, 0.15) is 5.65 Å². The zero-order valence-electron chi connectivity index (χ0n) is 22.1. The summed E-state index contributed by atoms with van der Waals surface area (Å²) in [6.07, 6.45) is 3.68. The highest BCUT2D eigenvalue weighted by molar-refractivity contribution is 6.07. The summed E-state index contributed by atoms with van der Waals surface area (Å²) in [5.74, 6) is 0. The van der Waals surface area contributed by atoms with E-state index in [2.05, 4.69) is 119 Å². The molecule has 8 rings (SSSR count). The highest BCUT2D eigenvalue weighted by atomic mass is 15.0. The minimum Gasteiger partial charge on any atom is -0.294 e. The normalized spacial score (nSPS) is 11.4. The van der Waals surface area contributed by atoms with Crippen molar-refractivity contribution in [1.82, 2.24) is 19.5 Å².